The van der Waals surface area contributed by atoms with Crippen molar-refractivity contribution in [3.8, 4) is 6.07 Å². The number of hydrogen-bond acceptors (Lipinski definition) is 1. The molecule has 0 amide bonds. The summed E-state index contributed by atoms with van der Waals surface area (Å²) in [7, 11) is 0. The summed E-state index contributed by atoms with van der Waals surface area (Å²) in [5.41, 5.74) is 1.73. The highest BCUT2D eigenvalue weighted by Crippen LogP contribution is 2.55. The molecule has 1 aliphatic carbocycles. The van der Waals surface area contributed by atoms with Crippen molar-refractivity contribution < 1.29 is 0 Å². The summed E-state index contributed by atoms with van der Waals surface area (Å²) >= 11 is 0. The van der Waals surface area contributed by atoms with Crippen LogP contribution in [0.2, 0.25) is 0 Å². The zero-order valence-corrected chi connectivity index (χ0v) is 8.22. The lowest BCUT2D eigenvalue weighted by atomic mass is 9.99. The van der Waals surface area contributed by atoms with E-state index < -0.39 is 0 Å². The van der Waals surface area contributed by atoms with Crippen molar-refractivity contribution in [2.75, 3.05) is 0 Å². The molecule has 0 aliphatic heterocycles. The third kappa shape index (κ3) is 2.11. The molecule has 0 bridgehead atoms. The maximum absolute atomic E-state index is 8.68. The van der Waals surface area contributed by atoms with Crippen LogP contribution in [-0.2, 0) is 0 Å². The molecule has 1 nitrogen and oxygen atoms in total. The molecule has 1 saturated carbocycles. The van der Waals surface area contributed by atoms with E-state index >= 15 is 0 Å². The van der Waals surface area contributed by atoms with Crippen LogP contribution < -0.4 is 0 Å². The smallest absolute Gasteiger partial charge is 0.0661 e. The molecular weight excluding hydrogens is 146 g/mol. The summed E-state index contributed by atoms with van der Waals surface area (Å²) in [6.45, 7) is 6.47. The van der Waals surface area contributed by atoms with Crippen LogP contribution in [0, 0.1) is 22.7 Å². The third-order valence-corrected chi connectivity index (χ3v) is 2.78. The molecule has 0 aromatic carbocycles. The third-order valence-electron chi connectivity index (χ3n) is 2.78. The minimum atomic E-state index is 0.336. The second-order valence-corrected chi connectivity index (χ2v) is 4.36. The molecule has 0 aromatic rings. The Balaban J connectivity index is 2.27. The Labute approximate surface area is 75.1 Å². The monoisotopic (exact) mass is 163 g/mol. The van der Waals surface area contributed by atoms with Crippen molar-refractivity contribution in [1.82, 2.24) is 0 Å². The van der Waals surface area contributed by atoms with E-state index in [0.29, 0.717) is 11.3 Å². The maximum atomic E-state index is 8.68. The lowest BCUT2D eigenvalue weighted by molar-refractivity contribution is 0.497. The number of nitrogens with zero attached hydrogens (tertiary/aromatic N) is 1. The summed E-state index contributed by atoms with van der Waals surface area (Å²) in [4.78, 5) is 0. The Morgan fingerprint density at radius 2 is 2.33 bits per heavy atom. The van der Waals surface area contributed by atoms with Crippen LogP contribution in [0.15, 0.2) is 11.6 Å². The molecule has 1 heteroatoms. The van der Waals surface area contributed by atoms with E-state index in [2.05, 4.69) is 32.9 Å². The largest absolute Gasteiger partial charge is 0.198 e. The topological polar surface area (TPSA) is 23.8 Å². The molecule has 0 radical (unpaired) electrons. The van der Waals surface area contributed by atoms with E-state index in [-0.39, 0.29) is 0 Å². The first-order valence-corrected chi connectivity index (χ1v) is 4.61. The van der Waals surface area contributed by atoms with Gasteiger partial charge in [0.25, 0.3) is 0 Å². The average molecular weight is 163 g/mol. The highest BCUT2D eigenvalue weighted by molar-refractivity contribution is 5.10. The van der Waals surface area contributed by atoms with Gasteiger partial charge in [-0.15, -0.1) is 0 Å². The standard InChI is InChI=1S/C11H17N/c1-9(2)5-4-6-11(3)7-10(11)8-12/h5,10H,4,6-7H2,1-3H3/t10-,11+/m0/s1. The number of hydrogen-bond donors (Lipinski definition) is 0. The van der Waals surface area contributed by atoms with Crippen LogP contribution in [0.4, 0.5) is 0 Å². The summed E-state index contributed by atoms with van der Waals surface area (Å²) in [6.07, 6.45) is 5.69. The van der Waals surface area contributed by atoms with Crippen molar-refractivity contribution in [3.05, 3.63) is 11.6 Å². The highest BCUT2D eigenvalue weighted by atomic mass is 14.5. The zero-order chi connectivity index (χ0) is 9.19. The fourth-order valence-electron chi connectivity index (χ4n) is 1.58. The fraction of sp³-hybridized carbons (Fsp3) is 0.727. The molecule has 66 valence electrons. The minimum Gasteiger partial charge on any atom is -0.198 e. The number of rotatable bonds is 3. The molecule has 0 saturated heterocycles. The van der Waals surface area contributed by atoms with Gasteiger partial charge in [-0.1, -0.05) is 18.6 Å². The Hall–Kier alpha value is -0.770. The molecule has 2 atom stereocenters. The minimum absolute atomic E-state index is 0.336. The van der Waals surface area contributed by atoms with Crippen molar-refractivity contribution >= 4 is 0 Å². The summed E-state index contributed by atoms with van der Waals surface area (Å²) in [6, 6.07) is 2.35. The first-order valence-electron chi connectivity index (χ1n) is 4.61. The van der Waals surface area contributed by atoms with Gasteiger partial charge in [-0.25, -0.2) is 0 Å². The first kappa shape index (κ1) is 9.32. The predicted octanol–water partition coefficient (Wildman–Crippen LogP) is 3.28. The normalized spacial score (nSPS) is 32.3. The Morgan fingerprint density at radius 3 is 2.75 bits per heavy atom. The van der Waals surface area contributed by atoms with E-state index in [1.54, 1.807) is 0 Å². The van der Waals surface area contributed by atoms with Crippen molar-refractivity contribution in [2.45, 2.75) is 40.0 Å². The number of nitriles is 1. The van der Waals surface area contributed by atoms with Crippen molar-refractivity contribution in [3.63, 3.8) is 0 Å². The van der Waals surface area contributed by atoms with Gasteiger partial charge in [-0.2, -0.15) is 5.26 Å². The van der Waals surface area contributed by atoms with Gasteiger partial charge >= 0.3 is 0 Å². The van der Waals surface area contributed by atoms with E-state index in [9.17, 15) is 0 Å². The van der Waals surface area contributed by atoms with Crippen LogP contribution in [-0.4, -0.2) is 0 Å². The van der Waals surface area contributed by atoms with E-state index in [0.717, 1.165) is 12.8 Å². The maximum Gasteiger partial charge on any atom is 0.0661 e. The van der Waals surface area contributed by atoms with Crippen LogP contribution >= 0.6 is 0 Å². The van der Waals surface area contributed by atoms with Gasteiger partial charge in [0.15, 0.2) is 0 Å². The van der Waals surface area contributed by atoms with Crippen LogP contribution in [0.25, 0.3) is 0 Å². The molecule has 0 aromatic heterocycles. The first-order chi connectivity index (χ1) is 5.58. The fourth-order valence-corrected chi connectivity index (χ4v) is 1.58. The molecule has 0 spiro atoms. The SMILES string of the molecule is CC(C)=CCC[C@]1(C)C[C@H]1C#N. The Morgan fingerprint density at radius 1 is 1.67 bits per heavy atom. The average Bonchev–Trinajstić information content (AvgIpc) is 2.61. The van der Waals surface area contributed by atoms with Crippen LogP contribution in [0.1, 0.15) is 40.0 Å². The predicted molar refractivity (Wildman–Crippen MR) is 50.5 cm³/mol. The molecule has 1 rings (SSSR count). The number of allylic oxidation sites excluding steroid dienone is 2. The van der Waals surface area contributed by atoms with Gasteiger partial charge in [0.05, 0.1) is 12.0 Å². The van der Waals surface area contributed by atoms with Gasteiger partial charge in [0, 0.05) is 0 Å². The second kappa shape index (κ2) is 3.31. The molecule has 0 N–H and O–H groups in total. The lowest BCUT2D eigenvalue weighted by Crippen LogP contribution is -1.95. The highest BCUT2D eigenvalue weighted by Gasteiger charge is 2.49. The quantitative estimate of drug-likeness (QED) is 0.586. The molecule has 0 heterocycles. The second-order valence-electron chi connectivity index (χ2n) is 4.36. The van der Waals surface area contributed by atoms with Gasteiger partial charge in [-0.05, 0) is 38.5 Å². The van der Waals surface area contributed by atoms with Crippen molar-refractivity contribution in [1.29, 1.82) is 5.26 Å². The molecule has 0 unspecified atom stereocenters. The summed E-state index contributed by atoms with van der Waals surface area (Å²) in [5, 5.41) is 8.68. The summed E-state index contributed by atoms with van der Waals surface area (Å²) in [5.74, 6) is 0.336. The zero-order valence-electron chi connectivity index (χ0n) is 8.22. The van der Waals surface area contributed by atoms with E-state index in [1.165, 1.54) is 12.0 Å². The lowest BCUT2D eigenvalue weighted by Gasteiger charge is -2.05. The summed E-state index contributed by atoms with van der Waals surface area (Å²) < 4.78 is 0. The molecular formula is C11H17N. The van der Waals surface area contributed by atoms with Gasteiger partial charge in [0.2, 0.25) is 0 Å². The van der Waals surface area contributed by atoms with Gasteiger partial charge < -0.3 is 0 Å². The Kier molecular flexibility index (Phi) is 2.57. The van der Waals surface area contributed by atoms with E-state index in [1.807, 2.05) is 0 Å². The van der Waals surface area contributed by atoms with Gasteiger partial charge in [-0.3, -0.25) is 0 Å². The Bertz CT molecular complexity index is 230. The van der Waals surface area contributed by atoms with Gasteiger partial charge in [0.1, 0.15) is 0 Å². The van der Waals surface area contributed by atoms with E-state index in [4.69, 9.17) is 5.26 Å². The van der Waals surface area contributed by atoms with Crippen LogP contribution in [0.5, 0.6) is 0 Å². The van der Waals surface area contributed by atoms with Crippen molar-refractivity contribution in [2.24, 2.45) is 11.3 Å². The molecule has 1 aliphatic rings. The molecule has 1 fully saturated rings. The molecule has 12 heavy (non-hydrogen) atoms. The van der Waals surface area contributed by atoms with Crippen LogP contribution in [0.3, 0.4) is 0 Å².